The predicted octanol–water partition coefficient (Wildman–Crippen LogP) is 1.51. The molecule has 0 aliphatic heterocycles. The summed E-state index contributed by atoms with van der Waals surface area (Å²) in [5.41, 5.74) is 1.28. The van der Waals surface area contributed by atoms with E-state index in [4.69, 9.17) is 4.74 Å². The van der Waals surface area contributed by atoms with Crippen LogP contribution in [0.2, 0.25) is 0 Å². The standard InChI is InChI=1S/C16H23N3O2/c1-3-13-4-6-15(7-5-13)21-12-14(20)10-17-11-16-18-8-9-19(16)2/h4-9,14,17,20H,3,10-12H2,1-2H3. The Balaban J connectivity index is 1.67. The smallest absolute Gasteiger partial charge is 0.122 e. The van der Waals surface area contributed by atoms with Crippen LogP contribution in [0.25, 0.3) is 0 Å². The summed E-state index contributed by atoms with van der Waals surface area (Å²) in [7, 11) is 1.95. The zero-order valence-electron chi connectivity index (χ0n) is 12.6. The molecule has 2 N–H and O–H groups in total. The molecule has 0 fully saturated rings. The van der Waals surface area contributed by atoms with E-state index in [-0.39, 0.29) is 6.61 Å². The Labute approximate surface area is 125 Å². The first kappa shape index (κ1) is 15.5. The summed E-state index contributed by atoms with van der Waals surface area (Å²) in [6, 6.07) is 7.96. The summed E-state index contributed by atoms with van der Waals surface area (Å²) in [5.74, 6) is 1.73. The van der Waals surface area contributed by atoms with E-state index in [0.29, 0.717) is 13.1 Å². The molecule has 114 valence electrons. The molecule has 0 saturated heterocycles. The van der Waals surface area contributed by atoms with Crippen molar-refractivity contribution in [1.82, 2.24) is 14.9 Å². The normalized spacial score (nSPS) is 12.3. The van der Waals surface area contributed by atoms with E-state index in [1.54, 1.807) is 6.20 Å². The molecular formula is C16H23N3O2. The maximum absolute atomic E-state index is 9.89. The minimum atomic E-state index is -0.545. The lowest BCUT2D eigenvalue weighted by Crippen LogP contribution is -2.31. The lowest BCUT2D eigenvalue weighted by molar-refractivity contribution is 0.106. The molecule has 0 radical (unpaired) electrons. The Morgan fingerprint density at radius 3 is 2.71 bits per heavy atom. The molecule has 1 aromatic heterocycles. The molecule has 0 saturated carbocycles. The van der Waals surface area contributed by atoms with Gasteiger partial charge in [0.15, 0.2) is 0 Å². The zero-order valence-corrected chi connectivity index (χ0v) is 12.6. The lowest BCUT2D eigenvalue weighted by atomic mass is 10.2. The quantitative estimate of drug-likeness (QED) is 0.773. The molecule has 1 atom stereocenters. The van der Waals surface area contributed by atoms with Gasteiger partial charge in [-0.3, -0.25) is 0 Å². The number of ether oxygens (including phenoxy) is 1. The molecule has 2 aromatic rings. The number of hydrogen-bond donors (Lipinski definition) is 2. The highest BCUT2D eigenvalue weighted by Crippen LogP contribution is 2.12. The summed E-state index contributed by atoms with van der Waals surface area (Å²) in [6.45, 7) is 3.50. The first-order chi connectivity index (χ1) is 10.2. The van der Waals surface area contributed by atoms with Crippen molar-refractivity contribution in [2.75, 3.05) is 13.2 Å². The summed E-state index contributed by atoms with van der Waals surface area (Å²) in [6.07, 6.45) is 4.13. The third kappa shape index (κ3) is 4.88. The van der Waals surface area contributed by atoms with Crippen LogP contribution in [0.1, 0.15) is 18.3 Å². The van der Waals surface area contributed by atoms with Gasteiger partial charge >= 0.3 is 0 Å². The van der Waals surface area contributed by atoms with Crippen LogP contribution in [0.15, 0.2) is 36.7 Å². The largest absolute Gasteiger partial charge is 0.491 e. The van der Waals surface area contributed by atoms with Crippen molar-refractivity contribution in [1.29, 1.82) is 0 Å². The number of aliphatic hydroxyl groups is 1. The number of nitrogens with one attached hydrogen (secondary N) is 1. The minimum Gasteiger partial charge on any atom is -0.491 e. The Bertz CT molecular complexity index is 537. The third-order valence-electron chi connectivity index (χ3n) is 3.36. The van der Waals surface area contributed by atoms with Gasteiger partial charge in [0.25, 0.3) is 0 Å². The van der Waals surface area contributed by atoms with Crippen LogP contribution in [-0.4, -0.2) is 33.9 Å². The molecule has 0 bridgehead atoms. The van der Waals surface area contributed by atoms with Crippen molar-refractivity contribution >= 4 is 0 Å². The van der Waals surface area contributed by atoms with E-state index in [1.165, 1.54) is 5.56 Å². The fraction of sp³-hybridized carbons (Fsp3) is 0.438. The van der Waals surface area contributed by atoms with Gasteiger partial charge in [0.1, 0.15) is 24.3 Å². The fourth-order valence-electron chi connectivity index (χ4n) is 1.99. The summed E-state index contributed by atoms with van der Waals surface area (Å²) >= 11 is 0. The van der Waals surface area contributed by atoms with Crippen LogP contribution in [-0.2, 0) is 20.0 Å². The Hall–Kier alpha value is -1.85. The van der Waals surface area contributed by atoms with Crippen molar-refractivity contribution < 1.29 is 9.84 Å². The van der Waals surface area contributed by atoms with Gasteiger partial charge in [0, 0.05) is 26.0 Å². The number of rotatable bonds is 8. The van der Waals surface area contributed by atoms with Crippen LogP contribution in [0, 0.1) is 0 Å². The molecule has 5 heteroatoms. The van der Waals surface area contributed by atoms with E-state index >= 15 is 0 Å². The van der Waals surface area contributed by atoms with Crippen molar-refractivity contribution in [3.05, 3.63) is 48.0 Å². The Morgan fingerprint density at radius 2 is 2.10 bits per heavy atom. The van der Waals surface area contributed by atoms with Gasteiger partial charge in [0.2, 0.25) is 0 Å². The average molecular weight is 289 g/mol. The third-order valence-corrected chi connectivity index (χ3v) is 3.36. The molecule has 1 aromatic carbocycles. The maximum atomic E-state index is 9.89. The molecular weight excluding hydrogens is 266 g/mol. The van der Waals surface area contributed by atoms with E-state index < -0.39 is 6.10 Å². The average Bonchev–Trinajstić information content (AvgIpc) is 2.91. The number of aryl methyl sites for hydroxylation is 2. The highest BCUT2D eigenvalue weighted by Gasteiger charge is 2.06. The molecule has 0 aliphatic carbocycles. The second-order valence-electron chi connectivity index (χ2n) is 5.05. The van der Waals surface area contributed by atoms with Gasteiger partial charge in [-0.25, -0.2) is 4.98 Å². The van der Waals surface area contributed by atoms with Crippen LogP contribution < -0.4 is 10.1 Å². The van der Waals surface area contributed by atoms with E-state index in [9.17, 15) is 5.11 Å². The number of aliphatic hydroxyl groups excluding tert-OH is 1. The van der Waals surface area contributed by atoms with E-state index in [0.717, 1.165) is 18.0 Å². The van der Waals surface area contributed by atoms with Gasteiger partial charge < -0.3 is 19.7 Å². The summed E-state index contributed by atoms with van der Waals surface area (Å²) in [5, 5.41) is 13.1. The zero-order chi connectivity index (χ0) is 15.1. The second-order valence-corrected chi connectivity index (χ2v) is 5.05. The summed E-state index contributed by atoms with van der Waals surface area (Å²) in [4.78, 5) is 4.21. The molecule has 0 spiro atoms. The first-order valence-electron chi connectivity index (χ1n) is 7.25. The van der Waals surface area contributed by atoms with Crippen molar-refractivity contribution in [3.8, 4) is 5.75 Å². The number of imidazole rings is 1. The van der Waals surface area contributed by atoms with Gasteiger partial charge in [-0.15, -0.1) is 0 Å². The predicted molar refractivity (Wildman–Crippen MR) is 82.2 cm³/mol. The minimum absolute atomic E-state index is 0.277. The van der Waals surface area contributed by atoms with Gasteiger partial charge in [-0.1, -0.05) is 19.1 Å². The molecule has 1 unspecified atom stereocenters. The monoisotopic (exact) mass is 289 g/mol. The van der Waals surface area contributed by atoms with Crippen molar-refractivity contribution in [3.63, 3.8) is 0 Å². The molecule has 1 heterocycles. The van der Waals surface area contributed by atoms with Crippen molar-refractivity contribution in [2.24, 2.45) is 7.05 Å². The highest BCUT2D eigenvalue weighted by molar-refractivity contribution is 5.27. The molecule has 0 amide bonds. The molecule has 21 heavy (non-hydrogen) atoms. The van der Waals surface area contributed by atoms with Crippen LogP contribution in [0.3, 0.4) is 0 Å². The van der Waals surface area contributed by atoms with Gasteiger partial charge in [-0.2, -0.15) is 0 Å². The van der Waals surface area contributed by atoms with Crippen molar-refractivity contribution in [2.45, 2.75) is 26.0 Å². The number of benzene rings is 1. The molecule has 2 rings (SSSR count). The Kier molecular flexibility index (Phi) is 5.78. The SMILES string of the molecule is CCc1ccc(OCC(O)CNCc2nccn2C)cc1. The number of hydrogen-bond acceptors (Lipinski definition) is 4. The van der Waals surface area contributed by atoms with Gasteiger partial charge in [-0.05, 0) is 24.1 Å². The van der Waals surface area contributed by atoms with Gasteiger partial charge in [0.05, 0.1) is 6.54 Å². The number of nitrogens with zero attached hydrogens (tertiary/aromatic N) is 2. The van der Waals surface area contributed by atoms with E-state index in [1.807, 2.05) is 42.1 Å². The second kappa shape index (κ2) is 7.81. The molecule has 0 aliphatic rings. The van der Waals surface area contributed by atoms with Crippen LogP contribution in [0.5, 0.6) is 5.75 Å². The van der Waals surface area contributed by atoms with Crippen LogP contribution in [0.4, 0.5) is 0 Å². The fourth-order valence-corrected chi connectivity index (χ4v) is 1.99. The first-order valence-corrected chi connectivity index (χ1v) is 7.25. The lowest BCUT2D eigenvalue weighted by Gasteiger charge is -2.13. The van der Waals surface area contributed by atoms with E-state index in [2.05, 4.69) is 17.2 Å². The number of aromatic nitrogens is 2. The topological polar surface area (TPSA) is 59.3 Å². The van der Waals surface area contributed by atoms with Crippen LogP contribution >= 0.6 is 0 Å². The maximum Gasteiger partial charge on any atom is 0.122 e. The Morgan fingerprint density at radius 1 is 1.33 bits per heavy atom. The molecule has 5 nitrogen and oxygen atoms in total. The highest BCUT2D eigenvalue weighted by atomic mass is 16.5. The summed E-state index contributed by atoms with van der Waals surface area (Å²) < 4.78 is 7.52.